The van der Waals surface area contributed by atoms with Gasteiger partial charge in [0, 0.05) is 13.1 Å². The molecule has 11 nitrogen and oxygen atoms in total. The molecule has 3 rings (SSSR count). The summed E-state index contributed by atoms with van der Waals surface area (Å²) in [6, 6.07) is 14.6. The van der Waals surface area contributed by atoms with Crippen LogP contribution in [0.5, 0.6) is 0 Å². The molecule has 0 saturated heterocycles. The zero-order valence-corrected chi connectivity index (χ0v) is 16.6. The summed E-state index contributed by atoms with van der Waals surface area (Å²) in [6.45, 7) is 1.63. The Morgan fingerprint density at radius 2 is 1.71 bits per heavy atom. The van der Waals surface area contributed by atoms with E-state index in [0.29, 0.717) is 11.4 Å². The first-order valence-corrected chi connectivity index (χ1v) is 9.03. The van der Waals surface area contributed by atoms with E-state index < -0.39 is 22.3 Å². The molecule has 0 radical (unpaired) electrons. The van der Waals surface area contributed by atoms with E-state index in [1.807, 2.05) is 11.5 Å². The maximum atomic E-state index is 12.8. The summed E-state index contributed by atoms with van der Waals surface area (Å²) < 4.78 is 2.91. The smallest absolute Gasteiger partial charge is 0.311 e. The van der Waals surface area contributed by atoms with Crippen molar-refractivity contribution in [3.05, 3.63) is 86.3 Å². The van der Waals surface area contributed by atoms with Crippen molar-refractivity contribution in [2.75, 3.05) is 5.32 Å². The number of amides is 2. The predicted molar refractivity (Wildman–Crippen MR) is 113 cm³/mol. The first-order chi connectivity index (χ1) is 14.8. The minimum absolute atomic E-state index is 0.0471. The Bertz CT molecular complexity index is 1240. The molecule has 11 heteroatoms. The van der Waals surface area contributed by atoms with E-state index in [4.69, 9.17) is 0 Å². The molecular weight excluding hydrogens is 404 g/mol. The van der Waals surface area contributed by atoms with Gasteiger partial charge >= 0.3 is 11.8 Å². The third-order valence-electron chi connectivity index (χ3n) is 4.50. The van der Waals surface area contributed by atoms with Crippen LogP contribution < -0.4 is 16.3 Å². The van der Waals surface area contributed by atoms with Crippen LogP contribution in [-0.4, -0.2) is 32.3 Å². The summed E-state index contributed by atoms with van der Waals surface area (Å²) in [5.74, 6) is -2.24. The molecule has 0 spiro atoms. The van der Waals surface area contributed by atoms with Gasteiger partial charge in [-0.1, -0.05) is 30.3 Å². The summed E-state index contributed by atoms with van der Waals surface area (Å²) in [6.07, 6.45) is 1.06. The second-order valence-electron chi connectivity index (χ2n) is 6.41. The molecular formula is C20H18N6O5. The van der Waals surface area contributed by atoms with Crippen molar-refractivity contribution < 1.29 is 14.5 Å². The second kappa shape index (κ2) is 8.86. The maximum absolute atomic E-state index is 12.8. The number of nitro benzene ring substituents is 1. The number of carbonyl (C=O) groups is 2. The fraction of sp³-hybridized carbons (Fsp3) is 0.100. The topological polar surface area (TPSA) is 141 Å². The monoisotopic (exact) mass is 422 g/mol. The number of hydrogen-bond acceptors (Lipinski definition) is 6. The highest BCUT2D eigenvalue weighted by molar-refractivity contribution is 6.39. The third-order valence-corrected chi connectivity index (χ3v) is 4.50. The van der Waals surface area contributed by atoms with Crippen LogP contribution in [0, 0.1) is 17.0 Å². The van der Waals surface area contributed by atoms with E-state index in [0.717, 1.165) is 6.21 Å². The van der Waals surface area contributed by atoms with Gasteiger partial charge in [0.25, 0.3) is 11.2 Å². The minimum atomic E-state index is -1.14. The quantitative estimate of drug-likeness (QED) is 0.277. The fourth-order valence-corrected chi connectivity index (χ4v) is 2.86. The van der Waals surface area contributed by atoms with E-state index in [1.54, 1.807) is 49.0 Å². The van der Waals surface area contributed by atoms with Crippen molar-refractivity contribution >= 4 is 29.4 Å². The number of hydrogen-bond donors (Lipinski definition) is 2. The van der Waals surface area contributed by atoms with Crippen LogP contribution in [0.2, 0.25) is 0 Å². The van der Waals surface area contributed by atoms with Gasteiger partial charge in [0.05, 0.1) is 28.1 Å². The molecule has 2 aromatic carbocycles. The Morgan fingerprint density at radius 3 is 2.39 bits per heavy atom. The lowest BCUT2D eigenvalue weighted by molar-refractivity contribution is -0.385. The number of rotatable bonds is 5. The van der Waals surface area contributed by atoms with Gasteiger partial charge in [0.15, 0.2) is 0 Å². The minimum Gasteiger partial charge on any atom is -0.311 e. The molecule has 0 aliphatic rings. The first kappa shape index (κ1) is 21.2. The predicted octanol–water partition coefficient (Wildman–Crippen LogP) is 1.48. The number of carbonyl (C=O) groups excluding carboxylic acids is 2. The van der Waals surface area contributed by atoms with Crippen molar-refractivity contribution in [3.63, 3.8) is 0 Å². The van der Waals surface area contributed by atoms with Gasteiger partial charge in [0.2, 0.25) is 0 Å². The molecule has 3 aromatic rings. The van der Waals surface area contributed by atoms with E-state index in [1.165, 1.54) is 22.9 Å². The molecule has 0 fully saturated rings. The number of para-hydroxylation sites is 2. The zero-order valence-electron chi connectivity index (χ0n) is 16.6. The van der Waals surface area contributed by atoms with Gasteiger partial charge in [-0.25, -0.2) is 10.1 Å². The highest BCUT2D eigenvalue weighted by atomic mass is 16.6. The van der Waals surface area contributed by atoms with E-state index in [2.05, 4.69) is 10.4 Å². The Morgan fingerprint density at radius 1 is 1.06 bits per heavy atom. The lowest BCUT2D eigenvalue weighted by Crippen LogP contribution is -2.34. The third kappa shape index (κ3) is 4.40. The molecule has 1 heterocycles. The number of benzene rings is 2. The Kier molecular flexibility index (Phi) is 6.05. The SMILES string of the molecule is Cc1c(NC(=O)C(=O)NN=Cc2ccccc2[N+](=O)[O-])c(=O)n(-c2ccccc2)n1C. The van der Waals surface area contributed by atoms with Gasteiger partial charge in [-0.05, 0) is 25.1 Å². The summed E-state index contributed by atoms with van der Waals surface area (Å²) in [5.41, 5.74) is 2.42. The maximum Gasteiger partial charge on any atom is 0.329 e. The number of hydrazone groups is 1. The summed E-state index contributed by atoms with van der Waals surface area (Å²) in [5, 5.41) is 16.9. The fourth-order valence-electron chi connectivity index (χ4n) is 2.86. The number of aromatic nitrogens is 2. The van der Waals surface area contributed by atoms with Gasteiger partial charge in [-0.2, -0.15) is 5.10 Å². The van der Waals surface area contributed by atoms with Crippen LogP contribution in [-0.2, 0) is 16.6 Å². The zero-order chi connectivity index (χ0) is 22.5. The molecule has 0 aliphatic heterocycles. The molecule has 0 aliphatic carbocycles. The van der Waals surface area contributed by atoms with E-state index >= 15 is 0 Å². The molecule has 0 unspecified atom stereocenters. The molecule has 0 bridgehead atoms. The Hall–Kier alpha value is -4.54. The summed E-state index contributed by atoms with van der Waals surface area (Å²) in [4.78, 5) is 47.4. The number of nitro groups is 1. The van der Waals surface area contributed by atoms with Crippen LogP contribution in [0.3, 0.4) is 0 Å². The highest BCUT2D eigenvalue weighted by Gasteiger charge is 2.21. The molecule has 1 aromatic heterocycles. The van der Waals surface area contributed by atoms with Gasteiger partial charge in [-0.15, -0.1) is 0 Å². The Balaban J connectivity index is 1.75. The summed E-state index contributed by atoms with van der Waals surface area (Å²) >= 11 is 0. The van der Waals surface area contributed by atoms with Gasteiger partial charge in [-0.3, -0.25) is 29.2 Å². The van der Waals surface area contributed by atoms with Crippen LogP contribution >= 0.6 is 0 Å². The first-order valence-electron chi connectivity index (χ1n) is 9.03. The standard InChI is InChI=1S/C20H18N6O5/c1-13-17(20(29)25(24(13)2)15-9-4-3-5-10-15)22-18(27)19(28)23-21-12-14-8-6-7-11-16(14)26(30)31/h3-12H,1-2H3,(H,22,27)(H,23,28). The lowest BCUT2D eigenvalue weighted by atomic mass is 10.2. The van der Waals surface area contributed by atoms with Crippen molar-refractivity contribution in [3.8, 4) is 5.69 Å². The Labute approximate surface area is 175 Å². The number of nitrogens with zero attached hydrogens (tertiary/aromatic N) is 4. The van der Waals surface area contributed by atoms with Crippen molar-refractivity contribution in [1.82, 2.24) is 14.8 Å². The number of anilines is 1. The normalized spacial score (nSPS) is 10.8. The largest absolute Gasteiger partial charge is 0.329 e. The van der Waals surface area contributed by atoms with Crippen LogP contribution in [0.25, 0.3) is 5.69 Å². The average Bonchev–Trinajstić information content (AvgIpc) is 2.97. The van der Waals surface area contributed by atoms with Crippen molar-refractivity contribution in [2.24, 2.45) is 12.1 Å². The van der Waals surface area contributed by atoms with Gasteiger partial charge < -0.3 is 5.32 Å². The van der Waals surface area contributed by atoms with Crippen LogP contribution in [0.15, 0.2) is 64.5 Å². The molecule has 2 N–H and O–H groups in total. The van der Waals surface area contributed by atoms with Crippen molar-refractivity contribution in [1.29, 1.82) is 0 Å². The lowest BCUT2D eigenvalue weighted by Gasteiger charge is -2.07. The molecule has 31 heavy (non-hydrogen) atoms. The molecule has 0 atom stereocenters. The molecule has 0 saturated carbocycles. The average molecular weight is 422 g/mol. The molecule has 158 valence electrons. The second-order valence-corrected chi connectivity index (χ2v) is 6.41. The van der Waals surface area contributed by atoms with E-state index in [-0.39, 0.29) is 16.9 Å². The molecule has 2 amide bonds. The van der Waals surface area contributed by atoms with Crippen LogP contribution in [0.4, 0.5) is 11.4 Å². The summed E-state index contributed by atoms with van der Waals surface area (Å²) in [7, 11) is 1.65. The van der Waals surface area contributed by atoms with Gasteiger partial charge in [0.1, 0.15) is 5.69 Å². The van der Waals surface area contributed by atoms with E-state index in [9.17, 15) is 24.5 Å². The van der Waals surface area contributed by atoms with Crippen molar-refractivity contribution in [2.45, 2.75) is 6.92 Å². The highest BCUT2D eigenvalue weighted by Crippen LogP contribution is 2.15. The number of nitrogens with one attached hydrogen (secondary N) is 2. The van der Waals surface area contributed by atoms with Crippen LogP contribution in [0.1, 0.15) is 11.3 Å².